The van der Waals surface area contributed by atoms with E-state index in [4.69, 9.17) is 13.5 Å². The second kappa shape index (κ2) is 19.8. The number of carbonyl (C=O) groups is 2. The maximum atomic E-state index is 15.2. The average molecular weight is 885 g/mol. The van der Waals surface area contributed by atoms with Crippen molar-refractivity contribution in [1.82, 2.24) is 8.75 Å². The van der Waals surface area contributed by atoms with E-state index in [1.54, 1.807) is 45.3 Å². The smallest absolute Gasteiger partial charge is 0.197 e. The first-order valence-electron chi connectivity index (χ1n) is 22.1. The number of fused-ring (bicyclic) bond motifs is 3. The maximum Gasteiger partial charge on any atom is 0.197 e. The van der Waals surface area contributed by atoms with Gasteiger partial charge in [0.25, 0.3) is 0 Å². The quantitative estimate of drug-likeness (QED) is 0.0673. The Morgan fingerprint density at radius 1 is 0.576 bits per heavy atom. The van der Waals surface area contributed by atoms with E-state index < -0.39 is 0 Å². The summed E-state index contributed by atoms with van der Waals surface area (Å²) in [6.45, 7) is 18.3. The summed E-state index contributed by atoms with van der Waals surface area (Å²) in [5.41, 5.74) is 7.55. The van der Waals surface area contributed by atoms with Gasteiger partial charge in [-0.05, 0) is 76.1 Å². The van der Waals surface area contributed by atoms with Crippen LogP contribution >= 0.6 is 57.1 Å². The van der Waals surface area contributed by atoms with Crippen LogP contribution in [0.1, 0.15) is 169 Å². The van der Waals surface area contributed by atoms with Crippen LogP contribution in [-0.2, 0) is 12.8 Å². The highest BCUT2D eigenvalue weighted by molar-refractivity contribution is 7.24. The molecule has 5 nitrogen and oxygen atoms in total. The number of aryl methyl sites for hydroxylation is 2. The van der Waals surface area contributed by atoms with Gasteiger partial charge in [-0.2, -0.15) is 8.75 Å². The van der Waals surface area contributed by atoms with Crippen LogP contribution in [0.4, 0.5) is 0 Å². The Bertz CT molecular complexity index is 2420. The average Bonchev–Trinajstić information content (AvgIpc) is 4.08. The molecular formula is C49H60N2O3S5. The lowest BCUT2D eigenvalue weighted by atomic mass is 9.81. The van der Waals surface area contributed by atoms with Crippen LogP contribution in [-0.4, -0.2) is 26.9 Å². The molecule has 0 aliphatic heterocycles. The molecule has 0 fully saturated rings. The lowest BCUT2D eigenvalue weighted by Gasteiger charge is -2.19. The molecule has 2 atom stereocenters. The number of nitrogens with zero attached hydrogens (tertiary/aromatic N) is 2. The standard InChI is InChI=1S/C49H60N2O3S5/c1-9-14-17-18-25-54-48-29(7)38(44-45(51-59-50-44)42(48)34-22-21-28(6)55-34)33-23-24-35(57-33)49-43-39(30(8)56-49)46(52)40-36(26-31(12-4)19-15-10-2)58-37(41(40)47(43)53)27-32(13-5)20-16-11-3/h21-24,31-32H,9-20,25-27H2,1-8H3. The van der Waals surface area contributed by atoms with Gasteiger partial charge in [0, 0.05) is 62.0 Å². The molecular weight excluding hydrogens is 825 g/mol. The summed E-state index contributed by atoms with van der Waals surface area (Å²) in [5, 5.41) is 0. The molecule has 10 heteroatoms. The zero-order valence-electron chi connectivity index (χ0n) is 36.2. The van der Waals surface area contributed by atoms with Crippen molar-refractivity contribution >= 4 is 79.7 Å². The van der Waals surface area contributed by atoms with Gasteiger partial charge in [-0.1, -0.05) is 105 Å². The molecule has 1 aromatic carbocycles. The highest BCUT2D eigenvalue weighted by Crippen LogP contribution is 2.52. The molecule has 0 bridgehead atoms. The number of aromatic nitrogens is 2. The number of rotatable bonds is 21. The van der Waals surface area contributed by atoms with E-state index in [1.165, 1.54) is 48.7 Å². The first-order valence-corrected chi connectivity index (χ1v) is 26.1. The van der Waals surface area contributed by atoms with E-state index in [1.807, 2.05) is 6.92 Å². The van der Waals surface area contributed by atoms with E-state index in [2.05, 4.69) is 72.7 Å². The first-order chi connectivity index (χ1) is 28.6. The molecule has 2 unspecified atom stereocenters. The van der Waals surface area contributed by atoms with Gasteiger partial charge in [-0.15, -0.1) is 45.3 Å². The third-order valence-corrected chi connectivity index (χ3v) is 17.5. The monoisotopic (exact) mass is 884 g/mol. The zero-order chi connectivity index (χ0) is 41.8. The number of thiophene rings is 4. The van der Waals surface area contributed by atoms with E-state index in [0.717, 1.165) is 131 Å². The fourth-order valence-corrected chi connectivity index (χ4v) is 14.2. The molecule has 59 heavy (non-hydrogen) atoms. The lowest BCUT2D eigenvalue weighted by molar-refractivity contribution is 0.0979. The number of benzene rings is 1. The summed E-state index contributed by atoms with van der Waals surface area (Å²) >= 11 is 8.06. The number of hydrogen-bond donors (Lipinski definition) is 0. The number of ether oxygens (including phenoxy) is 1. The van der Waals surface area contributed by atoms with Crippen LogP contribution in [0.25, 0.3) is 41.7 Å². The molecule has 0 saturated carbocycles. The number of ketones is 2. The Morgan fingerprint density at radius 2 is 1.15 bits per heavy atom. The minimum atomic E-state index is 0.0463. The molecule has 0 N–H and O–H groups in total. The number of hydrogen-bond acceptors (Lipinski definition) is 10. The number of unbranched alkanes of at least 4 members (excludes halogenated alkanes) is 5. The molecule has 6 aromatic rings. The SMILES string of the molecule is CCCCCCOc1c(C)c(-c2ccc(-c3sc(C)c4c3C(=O)c3c(CC(CC)CCCC)sc(CC(CC)CCCC)c3C4=O)s2)c2nsnc2c1-c1ccc(C)s1. The van der Waals surface area contributed by atoms with Crippen LogP contribution in [0, 0.1) is 32.6 Å². The lowest BCUT2D eigenvalue weighted by Crippen LogP contribution is -2.22. The molecule has 7 rings (SSSR count). The largest absolute Gasteiger partial charge is 0.493 e. The highest BCUT2D eigenvalue weighted by atomic mass is 32.1. The van der Waals surface area contributed by atoms with E-state index in [-0.39, 0.29) is 11.6 Å². The highest BCUT2D eigenvalue weighted by Gasteiger charge is 2.41. The van der Waals surface area contributed by atoms with Gasteiger partial charge < -0.3 is 4.74 Å². The second-order valence-corrected chi connectivity index (χ2v) is 21.8. The fraction of sp³-hybridized carbons (Fsp3) is 0.510. The van der Waals surface area contributed by atoms with Crippen molar-refractivity contribution in [2.45, 2.75) is 145 Å². The van der Waals surface area contributed by atoms with Crippen LogP contribution in [0.5, 0.6) is 5.75 Å². The van der Waals surface area contributed by atoms with Gasteiger partial charge >= 0.3 is 0 Å². The van der Waals surface area contributed by atoms with Crippen LogP contribution in [0.15, 0.2) is 24.3 Å². The summed E-state index contributed by atoms with van der Waals surface area (Å²) in [4.78, 5) is 38.7. The Morgan fingerprint density at radius 3 is 1.75 bits per heavy atom. The van der Waals surface area contributed by atoms with Crippen LogP contribution < -0.4 is 4.74 Å². The van der Waals surface area contributed by atoms with Crippen molar-refractivity contribution in [3.05, 3.63) is 71.6 Å². The van der Waals surface area contributed by atoms with Gasteiger partial charge in [-0.3, -0.25) is 9.59 Å². The van der Waals surface area contributed by atoms with Crippen molar-refractivity contribution in [2.24, 2.45) is 11.8 Å². The fourth-order valence-electron chi connectivity index (χ4n) is 8.85. The predicted molar refractivity (Wildman–Crippen MR) is 256 cm³/mol. The topological polar surface area (TPSA) is 69.2 Å². The van der Waals surface area contributed by atoms with Crippen molar-refractivity contribution in [3.63, 3.8) is 0 Å². The third-order valence-electron chi connectivity index (χ3n) is 12.3. The Balaban J connectivity index is 1.31. The van der Waals surface area contributed by atoms with Gasteiger partial charge in [-0.25, -0.2) is 0 Å². The minimum Gasteiger partial charge on any atom is -0.493 e. The Labute approximate surface area is 372 Å². The summed E-state index contributed by atoms with van der Waals surface area (Å²) < 4.78 is 16.5. The summed E-state index contributed by atoms with van der Waals surface area (Å²) in [7, 11) is 0. The summed E-state index contributed by atoms with van der Waals surface area (Å²) in [5.74, 6) is 2.00. The van der Waals surface area contributed by atoms with E-state index in [0.29, 0.717) is 35.1 Å². The molecule has 0 saturated heterocycles. The molecule has 5 heterocycles. The van der Waals surface area contributed by atoms with E-state index in [9.17, 15) is 4.79 Å². The van der Waals surface area contributed by atoms with Crippen LogP contribution in [0.3, 0.4) is 0 Å². The second-order valence-electron chi connectivity index (χ2n) is 16.5. The number of carbonyl (C=O) groups excluding carboxylic acids is 2. The molecule has 5 aromatic heterocycles. The van der Waals surface area contributed by atoms with Gasteiger partial charge in [0.2, 0.25) is 0 Å². The summed E-state index contributed by atoms with van der Waals surface area (Å²) in [6.07, 6.45) is 15.4. The first kappa shape index (κ1) is 44.0. The minimum absolute atomic E-state index is 0.0463. The molecule has 0 radical (unpaired) electrons. The van der Waals surface area contributed by atoms with Crippen LogP contribution in [0.2, 0.25) is 0 Å². The summed E-state index contributed by atoms with van der Waals surface area (Å²) in [6, 6.07) is 8.64. The maximum absolute atomic E-state index is 15.2. The van der Waals surface area contributed by atoms with Crippen molar-refractivity contribution < 1.29 is 14.3 Å². The Kier molecular flexibility index (Phi) is 14.8. The van der Waals surface area contributed by atoms with Crippen molar-refractivity contribution in [2.75, 3.05) is 6.61 Å². The molecule has 314 valence electrons. The van der Waals surface area contributed by atoms with Gasteiger partial charge in [0.1, 0.15) is 16.8 Å². The molecule has 1 aliphatic carbocycles. The Hall–Kier alpha value is -3.02. The van der Waals surface area contributed by atoms with Gasteiger partial charge in [0.15, 0.2) is 11.6 Å². The van der Waals surface area contributed by atoms with E-state index >= 15 is 4.79 Å². The zero-order valence-corrected chi connectivity index (χ0v) is 40.3. The van der Waals surface area contributed by atoms with Gasteiger partial charge in [0.05, 0.1) is 34.3 Å². The van der Waals surface area contributed by atoms with Crippen molar-refractivity contribution in [1.29, 1.82) is 0 Å². The predicted octanol–water partition coefficient (Wildman–Crippen LogP) is 16.1. The normalized spacial score (nSPS) is 13.7. The molecule has 0 amide bonds. The van der Waals surface area contributed by atoms with Crippen molar-refractivity contribution in [3.8, 4) is 36.4 Å². The molecule has 0 spiro atoms. The molecule has 1 aliphatic rings. The third kappa shape index (κ3) is 8.86.